The maximum Gasteiger partial charge on any atom is 0.134 e. The van der Waals surface area contributed by atoms with Gasteiger partial charge in [-0.2, -0.15) is 5.26 Å². The minimum Gasteiger partial charge on any atom is -0.354 e. The highest BCUT2D eigenvalue weighted by Gasteiger charge is 2.32. The Morgan fingerprint density at radius 3 is 2.62 bits per heavy atom. The highest BCUT2D eigenvalue weighted by molar-refractivity contribution is 7.16. The van der Waals surface area contributed by atoms with E-state index in [0.717, 1.165) is 52.2 Å². The van der Waals surface area contributed by atoms with Crippen LogP contribution in [0.25, 0.3) is 22.2 Å². The molecule has 0 spiro atoms. The Hall–Kier alpha value is -3.16. The molecule has 0 bridgehead atoms. The lowest BCUT2D eigenvalue weighted by Gasteiger charge is -2.33. The molecule has 3 nitrogen and oxygen atoms in total. The number of nitrogens with one attached hydrogen (secondary N) is 1. The first-order chi connectivity index (χ1) is 16.3. The van der Waals surface area contributed by atoms with Crippen LogP contribution in [0.15, 0.2) is 47.5 Å². The molecule has 0 aliphatic heterocycles. The summed E-state index contributed by atoms with van der Waals surface area (Å²) in [5.74, 6) is 0.645. The van der Waals surface area contributed by atoms with Gasteiger partial charge in [0.15, 0.2) is 0 Å². The zero-order valence-corrected chi connectivity index (χ0v) is 21.4. The maximum absolute atomic E-state index is 10.0. The molecule has 0 saturated heterocycles. The molecule has 0 fully saturated rings. The van der Waals surface area contributed by atoms with E-state index in [9.17, 15) is 5.26 Å². The van der Waals surface area contributed by atoms with Gasteiger partial charge in [0.05, 0.1) is 11.3 Å². The number of benzene rings is 2. The molecule has 2 heterocycles. The number of thiophene rings is 1. The van der Waals surface area contributed by atoms with Crippen LogP contribution in [-0.2, 0) is 12.8 Å². The quantitative estimate of drug-likeness (QED) is 0.304. The highest BCUT2D eigenvalue weighted by Crippen LogP contribution is 2.45. The fourth-order valence-corrected chi connectivity index (χ4v) is 6.50. The van der Waals surface area contributed by atoms with Gasteiger partial charge in [-0.25, -0.2) is 4.99 Å². The van der Waals surface area contributed by atoms with E-state index in [0.29, 0.717) is 5.92 Å². The zero-order valence-electron chi connectivity index (χ0n) is 20.6. The molecular weight excluding hydrogens is 434 g/mol. The molecule has 5 rings (SSSR count). The normalized spacial score (nSPS) is 16.2. The van der Waals surface area contributed by atoms with Crippen LogP contribution >= 0.6 is 11.3 Å². The molecule has 2 aromatic carbocycles. The molecule has 4 heteroatoms. The Labute approximate surface area is 206 Å². The van der Waals surface area contributed by atoms with E-state index in [1.54, 1.807) is 11.3 Å². The van der Waals surface area contributed by atoms with Crippen molar-refractivity contribution >= 4 is 33.5 Å². The molecule has 0 radical (unpaired) electrons. The Morgan fingerprint density at radius 1 is 1.15 bits per heavy atom. The number of aromatic amines is 1. The van der Waals surface area contributed by atoms with Gasteiger partial charge < -0.3 is 4.98 Å². The SMILES string of the molecule is Cc1cc(C)c2[nH]c(-c3ccccc3)c(C=Nc3sc4c(c3C#N)CC[C@@H](C(C)(C)C)C4)c2c1. The van der Waals surface area contributed by atoms with Gasteiger partial charge in [-0.3, -0.25) is 0 Å². The molecule has 4 aromatic rings. The van der Waals surface area contributed by atoms with Crippen LogP contribution in [0.4, 0.5) is 5.00 Å². The number of rotatable bonds is 3. The van der Waals surface area contributed by atoms with Crippen LogP contribution in [0.3, 0.4) is 0 Å². The zero-order chi connectivity index (χ0) is 24.0. The molecule has 1 aliphatic carbocycles. The molecular formula is C30H31N3S. The molecule has 0 unspecified atom stereocenters. The van der Waals surface area contributed by atoms with Crippen LogP contribution < -0.4 is 0 Å². The number of fused-ring (bicyclic) bond motifs is 2. The topological polar surface area (TPSA) is 51.9 Å². The molecule has 172 valence electrons. The van der Waals surface area contributed by atoms with E-state index in [1.807, 2.05) is 12.3 Å². The van der Waals surface area contributed by atoms with Gasteiger partial charge in [0.25, 0.3) is 0 Å². The lowest BCUT2D eigenvalue weighted by atomic mass is 9.72. The van der Waals surface area contributed by atoms with Crippen molar-refractivity contribution in [3.05, 3.63) is 75.2 Å². The second-order valence-corrected chi connectivity index (χ2v) is 11.7. The molecule has 0 amide bonds. The Kier molecular flexibility index (Phi) is 5.70. The van der Waals surface area contributed by atoms with Gasteiger partial charge in [0.2, 0.25) is 0 Å². The standard InChI is InChI=1S/C30H31N3S/c1-18-13-19(2)27-23(14-18)25(28(33-27)20-9-7-6-8-10-20)17-32-29-24(16-31)22-12-11-21(30(3,4)5)15-26(22)34-29/h6-10,13-14,17,21,33H,11-12,15H2,1-5H3/t21-/m1/s1. The lowest BCUT2D eigenvalue weighted by Crippen LogP contribution is -2.26. The molecule has 1 aliphatic rings. The second kappa shape index (κ2) is 8.56. The molecule has 0 saturated carbocycles. The van der Waals surface area contributed by atoms with Crippen molar-refractivity contribution in [2.45, 2.75) is 53.9 Å². The summed E-state index contributed by atoms with van der Waals surface area (Å²) in [5, 5.41) is 12.0. The summed E-state index contributed by atoms with van der Waals surface area (Å²) in [5.41, 5.74) is 9.17. The number of aryl methyl sites for hydroxylation is 2. The van der Waals surface area contributed by atoms with Crippen molar-refractivity contribution in [3.63, 3.8) is 0 Å². The average Bonchev–Trinajstić information content (AvgIpc) is 3.35. The van der Waals surface area contributed by atoms with Crippen molar-refractivity contribution in [2.75, 3.05) is 0 Å². The third-order valence-corrected chi connectivity index (χ3v) is 8.41. The second-order valence-electron chi connectivity index (χ2n) is 10.6. The van der Waals surface area contributed by atoms with E-state index in [4.69, 9.17) is 4.99 Å². The third-order valence-electron chi connectivity index (χ3n) is 7.25. The Bertz CT molecular complexity index is 1440. The number of hydrogen-bond acceptors (Lipinski definition) is 3. The number of nitriles is 1. The molecule has 2 aromatic heterocycles. The van der Waals surface area contributed by atoms with E-state index >= 15 is 0 Å². The third kappa shape index (κ3) is 3.99. The number of hydrogen-bond donors (Lipinski definition) is 1. The lowest BCUT2D eigenvalue weighted by molar-refractivity contribution is 0.218. The first-order valence-electron chi connectivity index (χ1n) is 12.0. The van der Waals surface area contributed by atoms with Crippen LogP contribution in [0.5, 0.6) is 0 Å². The predicted molar refractivity (Wildman–Crippen MR) is 144 cm³/mol. The van der Waals surface area contributed by atoms with Gasteiger partial charge in [0, 0.05) is 27.6 Å². The number of aliphatic imine (C=N–C) groups is 1. The van der Waals surface area contributed by atoms with E-state index in [2.05, 4.69) is 82.1 Å². The number of nitrogens with zero attached hydrogens (tertiary/aromatic N) is 2. The summed E-state index contributed by atoms with van der Waals surface area (Å²) in [7, 11) is 0. The van der Waals surface area contributed by atoms with Crippen molar-refractivity contribution < 1.29 is 0 Å². The minimum atomic E-state index is 0.280. The smallest absolute Gasteiger partial charge is 0.134 e. The minimum absolute atomic E-state index is 0.280. The predicted octanol–water partition coefficient (Wildman–Crippen LogP) is 8.29. The summed E-state index contributed by atoms with van der Waals surface area (Å²) in [6, 6.07) is 17.3. The van der Waals surface area contributed by atoms with Crippen LogP contribution in [0.1, 0.15) is 59.9 Å². The van der Waals surface area contributed by atoms with Crippen molar-refractivity contribution in [1.29, 1.82) is 5.26 Å². The summed E-state index contributed by atoms with van der Waals surface area (Å²) < 4.78 is 0. The van der Waals surface area contributed by atoms with Crippen molar-refractivity contribution in [3.8, 4) is 17.3 Å². The Balaban J connectivity index is 1.62. The van der Waals surface area contributed by atoms with Crippen LogP contribution in [0, 0.1) is 36.5 Å². The monoisotopic (exact) mass is 465 g/mol. The fourth-order valence-electron chi connectivity index (χ4n) is 5.28. The van der Waals surface area contributed by atoms with E-state index in [-0.39, 0.29) is 5.41 Å². The summed E-state index contributed by atoms with van der Waals surface area (Å²) in [6.07, 6.45) is 5.14. The van der Waals surface area contributed by atoms with Crippen molar-refractivity contribution in [2.24, 2.45) is 16.3 Å². The van der Waals surface area contributed by atoms with Gasteiger partial charge >= 0.3 is 0 Å². The largest absolute Gasteiger partial charge is 0.354 e. The average molecular weight is 466 g/mol. The Morgan fingerprint density at radius 2 is 1.91 bits per heavy atom. The highest BCUT2D eigenvalue weighted by atomic mass is 32.1. The fraction of sp³-hybridized carbons (Fsp3) is 0.333. The number of aromatic nitrogens is 1. The van der Waals surface area contributed by atoms with Gasteiger partial charge in [-0.1, -0.05) is 62.7 Å². The molecule has 1 atom stereocenters. The van der Waals surface area contributed by atoms with Gasteiger partial charge in [-0.05, 0) is 67.2 Å². The van der Waals surface area contributed by atoms with Crippen LogP contribution in [-0.4, -0.2) is 11.2 Å². The first kappa shape index (κ1) is 22.6. The van der Waals surface area contributed by atoms with Crippen LogP contribution in [0.2, 0.25) is 0 Å². The molecule has 1 N–H and O–H groups in total. The van der Waals surface area contributed by atoms with Gasteiger partial charge in [0.1, 0.15) is 11.1 Å². The van der Waals surface area contributed by atoms with Crippen molar-refractivity contribution in [1.82, 2.24) is 4.98 Å². The summed E-state index contributed by atoms with van der Waals surface area (Å²) in [4.78, 5) is 9.97. The number of H-pyrrole nitrogens is 1. The summed E-state index contributed by atoms with van der Waals surface area (Å²) in [6.45, 7) is 11.3. The maximum atomic E-state index is 10.0. The molecule has 34 heavy (non-hydrogen) atoms. The van der Waals surface area contributed by atoms with Gasteiger partial charge in [-0.15, -0.1) is 11.3 Å². The first-order valence-corrected chi connectivity index (χ1v) is 12.8. The van der Waals surface area contributed by atoms with E-state index in [1.165, 1.54) is 27.0 Å². The summed E-state index contributed by atoms with van der Waals surface area (Å²) >= 11 is 1.71. The van der Waals surface area contributed by atoms with E-state index < -0.39 is 0 Å².